The molecule has 0 aromatic heterocycles. The molecule has 1 heterocycles. The number of hydrogen-bond acceptors (Lipinski definition) is 4. The molecule has 134 valence electrons. The highest BCUT2D eigenvalue weighted by Crippen LogP contribution is 2.44. The summed E-state index contributed by atoms with van der Waals surface area (Å²) >= 11 is 0. The Hall–Kier alpha value is -1.59. The van der Waals surface area contributed by atoms with Gasteiger partial charge in [-0.15, -0.1) is 0 Å². The average molecular weight is 359 g/mol. The molecule has 2 aliphatic rings. The van der Waals surface area contributed by atoms with Crippen molar-refractivity contribution in [1.29, 1.82) is 0 Å². The fourth-order valence-corrected chi connectivity index (χ4v) is 5.72. The number of benzene rings is 1. The number of nitrogens with one attached hydrogen (secondary N) is 1. The Morgan fingerprint density at radius 3 is 2.60 bits per heavy atom. The van der Waals surface area contributed by atoms with E-state index in [0.717, 1.165) is 16.0 Å². The third kappa shape index (κ3) is 3.27. The SMILES string of the molecule is CCC(=O)[C@@H]1CN[C@@]2(CS(=O)c3ccc(C)cc3)C(C)=CC(=O)C[C@@H]12. The van der Waals surface area contributed by atoms with E-state index in [1.54, 1.807) is 6.08 Å². The molecule has 1 aromatic carbocycles. The monoisotopic (exact) mass is 359 g/mol. The molecule has 0 radical (unpaired) electrons. The summed E-state index contributed by atoms with van der Waals surface area (Å²) in [5.74, 6) is 0.364. The predicted molar refractivity (Wildman–Crippen MR) is 98.8 cm³/mol. The molecule has 1 aromatic rings. The van der Waals surface area contributed by atoms with E-state index in [-0.39, 0.29) is 23.4 Å². The van der Waals surface area contributed by atoms with Gasteiger partial charge in [0.25, 0.3) is 0 Å². The molecule has 3 rings (SSSR count). The highest BCUT2D eigenvalue weighted by molar-refractivity contribution is 7.85. The number of rotatable bonds is 5. The molecule has 1 saturated heterocycles. The zero-order valence-electron chi connectivity index (χ0n) is 15.0. The van der Waals surface area contributed by atoms with Gasteiger partial charge in [-0.1, -0.05) is 24.6 Å². The van der Waals surface area contributed by atoms with Crippen LogP contribution in [0.5, 0.6) is 0 Å². The molecule has 4 atom stereocenters. The van der Waals surface area contributed by atoms with Crippen molar-refractivity contribution in [3.8, 4) is 0 Å². The number of fused-ring (bicyclic) bond motifs is 1. The lowest BCUT2D eigenvalue weighted by molar-refractivity contribution is -0.124. The number of carbonyl (C=O) groups is 2. The maximum Gasteiger partial charge on any atom is 0.156 e. The summed E-state index contributed by atoms with van der Waals surface area (Å²) < 4.78 is 13.0. The van der Waals surface area contributed by atoms with E-state index in [0.29, 0.717) is 25.1 Å². The largest absolute Gasteiger partial charge is 0.306 e. The standard InChI is InChI=1S/C20H25NO3S/c1-4-19(23)17-11-21-20(14(3)9-15(22)10-18(17)20)12-25(24)16-7-5-13(2)6-8-16/h5-9,17-18,21H,4,10-12H2,1-3H3/t17-,18+,20+,25?/m1/s1. The van der Waals surface area contributed by atoms with Crippen LogP contribution in [0, 0.1) is 18.8 Å². The van der Waals surface area contributed by atoms with Crippen molar-refractivity contribution in [2.75, 3.05) is 12.3 Å². The quantitative estimate of drug-likeness (QED) is 0.878. The number of aryl methyl sites for hydroxylation is 1. The predicted octanol–water partition coefficient (Wildman–Crippen LogP) is 2.58. The Morgan fingerprint density at radius 2 is 1.96 bits per heavy atom. The van der Waals surface area contributed by atoms with Crippen LogP contribution in [0.3, 0.4) is 0 Å². The van der Waals surface area contributed by atoms with Gasteiger partial charge in [0.05, 0.1) is 22.1 Å². The van der Waals surface area contributed by atoms with Crippen LogP contribution in [0.25, 0.3) is 0 Å². The number of ketones is 2. The van der Waals surface area contributed by atoms with E-state index in [9.17, 15) is 13.8 Å². The first kappa shape index (κ1) is 18.2. The first-order valence-corrected chi connectivity index (χ1v) is 10.1. The van der Waals surface area contributed by atoms with Crippen molar-refractivity contribution in [2.24, 2.45) is 11.8 Å². The summed E-state index contributed by atoms with van der Waals surface area (Å²) in [5, 5.41) is 3.49. The molecule has 1 fully saturated rings. The molecule has 0 saturated carbocycles. The summed E-state index contributed by atoms with van der Waals surface area (Å²) in [6.45, 7) is 6.34. The van der Waals surface area contributed by atoms with Gasteiger partial charge in [-0.2, -0.15) is 0 Å². The second kappa shape index (κ2) is 6.96. The van der Waals surface area contributed by atoms with Crippen LogP contribution in [0.1, 0.15) is 32.3 Å². The molecule has 0 bridgehead atoms. The van der Waals surface area contributed by atoms with Crippen LogP contribution in [0.2, 0.25) is 0 Å². The van der Waals surface area contributed by atoms with E-state index >= 15 is 0 Å². The van der Waals surface area contributed by atoms with E-state index in [1.165, 1.54) is 0 Å². The van der Waals surface area contributed by atoms with Crippen molar-refractivity contribution < 1.29 is 13.8 Å². The maximum atomic E-state index is 13.0. The summed E-state index contributed by atoms with van der Waals surface area (Å²) in [6.07, 6.45) is 2.48. The normalized spacial score (nSPS) is 29.9. The minimum absolute atomic E-state index is 0.0665. The van der Waals surface area contributed by atoms with Crippen molar-refractivity contribution in [3.05, 3.63) is 41.5 Å². The number of Topliss-reactive ketones (excluding diaryl/α,β-unsaturated/α-hetero) is 1. The lowest BCUT2D eigenvalue weighted by Crippen LogP contribution is -2.53. The molecule has 4 nitrogen and oxygen atoms in total. The molecule has 1 unspecified atom stereocenters. The second-order valence-electron chi connectivity index (χ2n) is 7.19. The van der Waals surface area contributed by atoms with Crippen molar-refractivity contribution in [1.82, 2.24) is 5.32 Å². The zero-order valence-corrected chi connectivity index (χ0v) is 15.8. The van der Waals surface area contributed by atoms with E-state index in [2.05, 4.69) is 5.32 Å². The lowest BCUT2D eigenvalue weighted by atomic mass is 9.69. The number of hydrogen-bond donors (Lipinski definition) is 1. The Labute approximate surface area is 151 Å². The van der Waals surface area contributed by atoms with Crippen LogP contribution < -0.4 is 5.32 Å². The Balaban J connectivity index is 1.93. The zero-order chi connectivity index (χ0) is 18.2. The van der Waals surface area contributed by atoms with Gasteiger partial charge in [0, 0.05) is 30.2 Å². The van der Waals surface area contributed by atoms with Gasteiger partial charge in [-0.05, 0) is 43.5 Å². The van der Waals surface area contributed by atoms with Crippen LogP contribution >= 0.6 is 0 Å². The van der Waals surface area contributed by atoms with Crippen molar-refractivity contribution in [2.45, 2.75) is 44.0 Å². The Morgan fingerprint density at radius 1 is 1.28 bits per heavy atom. The third-order valence-corrected chi connectivity index (χ3v) is 7.18. The van der Waals surface area contributed by atoms with Crippen molar-refractivity contribution >= 4 is 22.4 Å². The van der Waals surface area contributed by atoms with Gasteiger partial charge >= 0.3 is 0 Å². The molecular formula is C20H25NO3S. The molecule has 25 heavy (non-hydrogen) atoms. The number of allylic oxidation sites excluding steroid dienone is 1. The van der Waals surface area contributed by atoms with Crippen molar-refractivity contribution in [3.63, 3.8) is 0 Å². The van der Waals surface area contributed by atoms with Gasteiger partial charge in [0.2, 0.25) is 0 Å². The minimum Gasteiger partial charge on any atom is -0.306 e. The summed E-state index contributed by atoms with van der Waals surface area (Å²) in [5.41, 5.74) is 1.50. The summed E-state index contributed by atoms with van der Waals surface area (Å²) in [7, 11) is -1.20. The fraction of sp³-hybridized carbons (Fsp3) is 0.500. The van der Waals surface area contributed by atoms with Gasteiger partial charge in [-0.3, -0.25) is 13.8 Å². The molecule has 1 aliphatic heterocycles. The van der Waals surface area contributed by atoms with E-state index in [1.807, 2.05) is 45.0 Å². The van der Waals surface area contributed by atoms with Crippen LogP contribution in [-0.4, -0.2) is 33.6 Å². The highest BCUT2D eigenvalue weighted by Gasteiger charge is 2.54. The van der Waals surface area contributed by atoms with Gasteiger partial charge in [-0.25, -0.2) is 0 Å². The number of carbonyl (C=O) groups excluding carboxylic acids is 2. The first-order chi connectivity index (χ1) is 11.9. The molecule has 0 amide bonds. The smallest absolute Gasteiger partial charge is 0.156 e. The van der Waals surface area contributed by atoms with Gasteiger partial charge < -0.3 is 5.32 Å². The Kier molecular flexibility index (Phi) is 5.07. The topological polar surface area (TPSA) is 63.2 Å². The molecule has 1 aliphatic carbocycles. The van der Waals surface area contributed by atoms with E-state index in [4.69, 9.17) is 0 Å². The molecule has 5 heteroatoms. The third-order valence-electron chi connectivity index (χ3n) is 5.66. The highest BCUT2D eigenvalue weighted by atomic mass is 32.2. The van der Waals surface area contributed by atoms with Gasteiger partial charge in [0.15, 0.2) is 5.78 Å². The fourth-order valence-electron chi connectivity index (χ4n) is 4.16. The van der Waals surface area contributed by atoms with Crippen LogP contribution in [0.4, 0.5) is 0 Å². The van der Waals surface area contributed by atoms with E-state index < -0.39 is 16.3 Å². The van der Waals surface area contributed by atoms with Crippen LogP contribution in [0.15, 0.2) is 40.8 Å². The maximum absolute atomic E-state index is 13.0. The second-order valence-corrected chi connectivity index (χ2v) is 8.64. The van der Waals surface area contributed by atoms with Crippen LogP contribution in [-0.2, 0) is 20.4 Å². The molecule has 1 N–H and O–H groups in total. The molecule has 0 spiro atoms. The Bertz CT molecular complexity index is 753. The minimum atomic E-state index is -1.20. The summed E-state index contributed by atoms with van der Waals surface area (Å²) in [4.78, 5) is 25.3. The van der Waals surface area contributed by atoms with Gasteiger partial charge in [0.1, 0.15) is 5.78 Å². The average Bonchev–Trinajstić information content (AvgIpc) is 2.94. The first-order valence-electron chi connectivity index (χ1n) is 8.81. The lowest BCUT2D eigenvalue weighted by Gasteiger charge is -2.40. The molecular weight excluding hydrogens is 334 g/mol. The summed E-state index contributed by atoms with van der Waals surface area (Å²) in [6, 6.07) is 7.71.